The minimum atomic E-state index is -0.690. The number of nitrogens with zero attached hydrogens (tertiary/aromatic N) is 2. The Morgan fingerprint density at radius 1 is 1.06 bits per heavy atom. The zero-order chi connectivity index (χ0) is 24.6. The highest BCUT2D eigenvalue weighted by molar-refractivity contribution is 6.03. The molecule has 3 aromatic rings. The van der Waals surface area contributed by atoms with Crippen LogP contribution in [-0.2, 0) is 14.3 Å². The van der Waals surface area contributed by atoms with Gasteiger partial charge in [0.05, 0.1) is 18.0 Å². The van der Waals surface area contributed by atoms with Crippen molar-refractivity contribution in [3.63, 3.8) is 0 Å². The second kappa shape index (κ2) is 11.1. The number of hydrogen-bond donors (Lipinski definition) is 2. The van der Waals surface area contributed by atoms with Gasteiger partial charge in [0, 0.05) is 24.8 Å². The third kappa shape index (κ3) is 5.94. The Labute approximate surface area is 203 Å². The number of nitrogens with one attached hydrogen (secondary N) is 2. The summed E-state index contributed by atoms with van der Waals surface area (Å²) >= 11 is 0. The maximum atomic E-state index is 12.7. The van der Waals surface area contributed by atoms with E-state index >= 15 is 0 Å². The van der Waals surface area contributed by atoms with E-state index < -0.39 is 18.5 Å². The van der Waals surface area contributed by atoms with Gasteiger partial charge in [0.1, 0.15) is 17.1 Å². The van der Waals surface area contributed by atoms with Crippen LogP contribution in [0.25, 0.3) is 0 Å². The van der Waals surface area contributed by atoms with E-state index in [4.69, 9.17) is 9.47 Å². The zero-order valence-electron chi connectivity index (χ0n) is 19.3. The van der Waals surface area contributed by atoms with Gasteiger partial charge in [-0.3, -0.25) is 9.59 Å². The van der Waals surface area contributed by atoms with E-state index in [1.54, 1.807) is 47.5 Å². The number of rotatable bonds is 9. The first kappa shape index (κ1) is 23.7. The highest BCUT2D eigenvalue weighted by atomic mass is 16.5. The predicted octanol–water partition coefficient (Wildman–Crippen LogP) is 4.15. The normalized spacial score (nSPS) is 12.8. The zero-order valence-corrected chi connectivity index (χ0v) is 19.3. The van der Waals surface area contributed by atoms with Crippen molar-refractivity contribution >= 4 is 40.7 Å². The molecule has 35 heavy (non-hydrogen) atoms. The van der Waals surface area contributed by atoms with Gasteiger partial charge in [-0.2, -0.15) is 0 Å². The van der Waals surface area contributed by atoms with Crippen LogP contribution in [0.1, 0.15) is 30.1 Å². The Balaban J connectivity index is 1.38. The molecule has 9 heteroatoms. The molecule has 0 saturated carbocycles. The molecule has 180 valence electrons. The lowest BCUT2D eigenvalue weighted by atomic mass is 10.2. The first-order valence-corrected chi connectivity index (χ1v) is 11.4. The number of benzene rings is 2. The Hall–Kier alpha value is -4.40. The van der Waals surface area contributed by atoms with Gasteiger partial charge in [-0.15, -0.1) is 0 Å². The third-order valence-electron chi connectivity index (χ3n) is 5.33. The highest BCUT2D eigenvalue weighted by Crippen LogP contribution is 2.29. The maximum Gasteiger partial charge on any atom is 0.342 e. The molecule has 0 spiro atoms. The van der Waals surface area contributed by atoms with Gasteiger partial charge in [0.15, 0.2) is 6.61 Å². The molecule has 0 bridgehead atoms. The van der Waals surface area contributed by atoms with Crippen LogP contribution in [0.4, 0.5) is 22.9 Å². The molecule has 2 heterocycles. The van der Waals surface area contributed by atoms with E-state index in [2.05, 4.69) is 15.6 Å². The number of amides is 2. The molecule has 0 atom stereocenters. The van der Waals surface area contributed by atoms with E-state index in [0.717, 1.165) is 12.2 Å². The van der Waals surface area contributed by atoms with Crippen molar-refractivity contribution in [1.29, 1.82) is 0 Å². The summed E-state index contributed by atoms with van der Waals surface area (Å²) in [6.45, 7) is 2.59. The summed E-state index contributed by atoms with van der Waals surface area (Å²) in [5.74, 6) is -0.144. The first-order chi connectivity index (χ1) is 17.0. The molecular formula is C26H26N4O5. The smallest absolute Gasteiger partial charge is 0.342 e. The minimum Gasteiger partial charge on any atom is -0.494 e. The Morgan fingerprint density at radius 2 is 1.86 bits per heavy atom. The largest absolute Gasteiger partial charge is 0.494 e. The van der Waals surface area contributed by atoms with Crippen LogP contribution in [0.15, 0.2) is 66.9 Å². The fourth-order valence-corrected chi connectivity index (χ4v) is 3.72. The lowest BCUT2D eigenvalue weighted by molar-refractivity contribution is -0.119. The van der Waals surface area contributed by atoms with Crippen LogP contribution < -0.4 is 20.3 Å². The van der Waals surface area contributed by atoms with Crippen LogP contribution >= 0.6 is 0 Å². The first-order valence-electron chi connectivity index (χ1n) is 11.4. The minimum absolute atomic E-state index is 0.0160. The van der Waals surface area contributed by atoms with Crippen LogP contribution in [0.3, 0.4) is 0 Å². The Kier molecular flexibility index (Phi) is 7.57. The van der Waals surface area contributed by atoms with E-state index in [1.165, 1.54) is 0 Å². The molecule has 4 rings (SSSR count). The van der Waals surface area contributed by atoms with Crippen molar-refractivity contribution in [2.24, 2.45) is 0 Å². The van der Waals surface area contributed by atoms with Crippen molar-refractivity contribution in [2.75, 3.05) is 35.3 Å². The van der Waals surface area contributed by atoms with E-state index in [9.17, 15) is 14.4 Å². The van der Waals surface area contributed by atoms with Crippen molar-refractivity contribution in [3.05, 3.63) is 72.4 Å². The van der Waals surface area contributed by atoms with Gasteiger partial charge in [0.25, 0.3) is 5.91 Å². The molecule has 9 nitrogen and oxygen atoms in total. The van der Waals surface area contributed by atoms with Gasteiger partial charge in [-0.25, -0.2) is 9.78 Å². The number of aromatic nitrogens is 1. The monoisotopic (exact) mass is 474 g/mol. The van der Waals surface area contributed by atoms with Gasteiger partial charge in [-0.05, 0) is 61.9 Å². The molecule has 1 saturated heterocycles. The number of anilines is 4. The fourth-order valence-electron chi connectivity index (χ4n) is 3.72. The van der Waals surface area contributed by atoms with Crippen molar-refractivity contribution < 1.29 is 23.9 Å². The van der Waals surface area contributed by atoms with E-state index in [0.29, 0.717) is 42.5 Å². The number of hydrogen-bond acceptors (Lipinski definition) is 7. The van der Waals surface area contributed by atoms with Gasteiger partial charge in [0.2, 0.25) is 5.91 Å². The molecule has 0 aliphatic carbocycles. The molecule has 1 aliphatic heterocycles. The van der Waals surface area contributed by atoms with E-state index in [1.807, 2.05) is 31.2 Å². The average Bonchev–Trinajstić information content (AvgIpc) is 3.30. The van der Waals surface area contributed by atoms with Crippen LogP contribution in [0.5, 0.6) is 5.75 Å². The summed E-state index contributed by atoms with van der Waals surface area (Å²) in [6.07, 6.45) is 2.81. The number of ether oxygens (including phenoxy) is 2. The molecule has 1 aliphatic rings. The number of para-hydroxylation sites is 2. The number of carbonyl (C=O) groups excluding carboxylic acids is 3. The number of pyridine rings is 1. The van der Waals surface area contributed by atoms with Crippen molar-refractivity contribution in [1.82, 2.24) is 4.98 Å². The summed E-state index contributed by atoms with van der Waals surface area (Å²) in [6, 6.07) is 17.5. The summed E-state index contributed by atoms with van der Waals surface area (Å²) in [5.41, 5.74) is 2.02. The maximum absolute atomic E-state index is 12.7. The van der Waals surface area contributed by atoms with E-state index in [-0.39, 0.29) is 11.5 Å². The van der Waals surface area contributed by atoms with Gasteiger partial charge < -0.3 is 25.0 Å². The van der Waals surface area contributed by atoms with Crippen LogP contribution in [0.2, 0.25) is 0 Å². The molecule has 0 unspecified atom stereocenters. The summed E-state index contributed by atoms with van der Waals surface area (Å²) in [4.78, 5) is 43.2. The molecule has 2 aromatic carbocycles. The Bertz CT molecular complexity index is 1210. The number of esters is 1. The number of carbonyl (C=O) groups is 3. The molecule has 2 N–H and O–H groups in total. The fraction of sp³-hybridized carbons (Fsp3) is 0.231. The van der Waals surface area contributed by atoms with Crippen LogP contribution in [0, 0.1) is 0 Å². The molecule has 0 radical (unpaired) electrons. The molecule has 1 aromatic heterocycles. The predicted molar refractivity (Wildman–Crippen MR) is 132 cm³/mol. The summed E-state index contributed by atoms with van der Waals surface area (Å²) in [7, 11) is 0. The Morgan fingerprint density at radius 3 is 2.60 bits per heavy atom. The molecule has 2 amide bonds. The quantitative estimate of drug-likeness (QED) is 0.449. The van der Waals surface area contributed by atoms with Gasteiger partial charge in [-0.1, -0.05) is 12.1 Å². The van der Waals surface area contributed by atoms with Crippen LogP contribution in [-0.4, -0.2) is 42.5 Å². The second-order valence-electron chi connectivity index (χ2n) is 7.77. The topological polar surface area (TPSA) is 110 Å². The molecule has 1 fully saturated rings. The van der Waals surface area contributed by atoms with Crippen molar-refractivity contribution in [3.8, 4) is 5.75 Å². The lowest BCUT2D eigenvalue weighted by Crippen LogP contribution is -2.27. The summed E-state index contributed by atoms with van der Waals surface area (Å²) in [5, 5.41) is 5.82. The summed E-state index contributed by atoms with van der Waals surface area (Å²) < 4.78 is 10.7. The lowest BCUT2D eigenvalue weighted by Gasteiger charge is -2.20. The average molecular weight is 475 g/mol. The standard InChI is InChI=1S/C26H26N4O5/c1-2-34-19-13-11-18(12-14-19)28-25-20(7-5-15-27-25)26(33)35-17-23(31)29-21-8-3-4-9-22(21)30-16-6-10-24(30)32/h3-5,7-9,11-15H,2,6,10,16-17H2,1H3,(H,27,28)(H,29,31). The van der Waals surface area contributed by atoms with Gasteiger partial charge >= 0.3 is 5.97 Å². The van der Waals surface area contributed by atoms with Crippen molar-refractivity contribution in [2.45, 2.75) is 19.8 Å². The highest BCUT2D eigenvalue weighted by Gasteiger charge is 2.24. The second-order valence-corrected chi connectivity index (χ2v) is 7.77. The molecular weight excluding hydrogens is 448 g/mol. The third-order valence-corrected chi connectivity index (χ3v) is 5.33. The SMILES string of the molecule is CCOc1ccc(Nc2ncccc2C(=O)OCC(=O)Nc2ccccc2N2CCCC2=O)cc1.